The van der Waals surface area contributed by atoms with Crippen molar-refractivity contribution in [1.82, 2.24) is 20.2 Å². The van der Waals surface area contributed by atoms with Gasteiger partial charge in [-0.05, 0) is 25.2 Å². The van der Waals surface area contributed by atoms with E-state index in [9.17, 15) is 0 Å². The smallest absolute Gasteiger partial charge is 0.193 e. The van der Waals surface area contributed by atoms with E-state index in [2.05, 4.69) is 46.3 Å². The summed E-state index contributed by atoms with van der Waals surface area (Å²) in [5.74, 6) is 3.28. The Morgan fingerprint density at radius 2 is 2.09 bits per heavy atom. The molecule has 6 heteroatoms. The van der Waals surface area contributed by atoms with E-state index in [4.69, 9.17) is 4.99 Å². The lowest BCUT2D eigenvalue weighted by Crippen LogP contribution is -2.48. The summed E-state index contributed by atoms with van der Waals surface area (Å²) in [6.07, 6.45) is 6.39. The van der Waals surface area contributed by atoms with Crippen LogP contribution < -0.4 is 10.6 Å². The van der Waals surface area contributed by atoms with Crippen molar-refractivity contribution < 1.29 is 0 Å². The molecule has 1 saturated heterocycles. The van der Waals surface area contributed by atoms with Gasteiger partial charge in [-0.15, -0.1) is 0 Å². The van der Waals surface area contributed by atoms with Gasteiger partial charge >= 0.3 is 0 Å². The molecule has 0 spiro atoms. The predicted octanol–water partition coefficient (Wildman–Crippen LogP) is 1.83. The molecule has 0 amide bonds. The Labute approximate surface area is 133 Å². The summed E-state index contributed by atoms with van der Waals surface area (Å²) in [6, 6.07) is 0. The van der Waals surface area contributed by atoms with Gasteiger partial charge in [0.2, 0.25) is 0 Å². The Hall–Kier alpha value is -1.85. The van der Waals surface area contributed by atoms with Crippen LogP contribution in [0.15, 0.2) is 23.6 Å². The number of hydrogen-bond donors (Lipinski definition) is 2. The van der Waals surface area contributed by atoms with Gasteiger partial charge in [0, 0.05) is 38.6 Å². The zero-order chi connectivity index (χ0) is 15.8. The highest BCUT2D eigenvalue weighted by Gasteiger charge is 2.23. The number of aliphatic imine (C=N–C) groups is 1. The molecule has 2 rings (SSSR count). The molecule has 22 heavy (non-hydrogen) atoms. The van der Waals surface area contributed by atoms with E-state index in [1.165, 1.54) is 6.42 Å². The van der Waals surface area contributed by atoms with E-state index in [0.717, 1.165) is 56.3 Å². The molecular weight excluding hydrogens is 276 g/mol. The summed E-state index contributed by atoms with van der Waals surface area (Å²) in [4.78, 5) is 15.4. The van der Waals surface area contributed by atoms with Crippen molar-refractivity contribution >= 4 is 11.8 Å². The first-order valence-electron chi connectivity index (χ1n) is 8.22. The number of piperidine rings is 1. The molecule has 0 radical (unpaired) electrons. The van der Waals surface area contributed by atoms with Gasteiger partial charge in [0.25, 0.3) is 0 Å². The third-order valence-corrected chi connectivity index (χ3v) is 3.75. The number of anilines is 1. The summed E-state index contributed by atoms with van der Waals surface area (Å²) < 4.78 is 0. The SMILES string of the molecule is CCNC(=NCCNc1cnccn1)N1CC(C)CC(C)C1. The molecule has 2 heterocycles. The van der Waals surface area contributed by atoms with Crippen LogP contribution in [0.2, 0.25) is 0 Å². The first kappa shape index (κ1) is 16.5. The molecular formula is C16H28N6. The zero-order valence-electron chi connectivity index (χ0n) is 13.9. The van der Waals surface area contributed by atoms with Crippen molar-refractivity contribution in [3.63, 3.8) is 0 Å². The molecule has 6 nitrogen and oxygen atoms in total. The molecule has 1 fully saturated rings. The normalized spacial score (nSPS) is 22.5. The Morgan fingerprint density at radius 3 is 2.73 bits per heavy atom. The van der Waals surface area contributed by atoms with Crippen molar-refractivity contribution in [1.29, 1.82) is 0 Å². The van der Waals surface area contributed by atoms with Crippen LogP contribution in [0.3, 0.4) is 0 Å². The molecule has 1 aliphatic rings. The summed E-state index contributed by atoms with van der Waals surface area (Å²) >= 11 is 0. The standard InChI is InChI=1S/C16H28N6/c1-4-18-16(22-11-13(2)9-14(3)12-22)21-8-7-20-15-10-17-5-6-19-15/h5-6,10,13-14H,4,7-9,11-12H2,1-3H3,(H,18,21)(H,19,20). The molecule has 0 aromatic carbocycles. The molecule has 0 aliphatic carbocycles. The van der Waals surface area contributed by atoms with Gasteiger partial charge in [-0.1, -0.05) is 13.8 Å². The minimum atomic E-state index is 0.720. The monoisotopic (exact) mass is 304 g/mol. The summed E-state index contributed by atoms with van der Waals surface area (Å²) in [5.41, 5.74) is 0. The number of hydrogen-bond acceptors (Lipinski definition) is 4. The third kappa shape index (κ3) is 5.16. The first-order valence-corrected chi connectivity index (χ1v) is 8.22. The van der Waals surface area contributed by atoms with Crippen molar-refractivity contribution in [3.8, 4) is 0 Å². The van der Waals surface area contributed by atoms with E-state index in [1.54, 1.807) is 18.6 Å². The molecule has 2 atom stereocenters. The summed E-state index contributed by atoms with van der Waals surface area (Å²) in [6.45, 7) is 11.3. The second kappa shape index (κ2) is 8.56. The second-order valence-corrected chi connectivity index (χ2v) is 6.10. The van der Waals surface area contributed by atoms with Gasteiger partial charge in [0.05, 0.1) is 12.7 Å². The van der Waals surface area contributed by atoms with Crippen LogP contribution in [0.1, 0.15) is 27.2 Å². The molecule has 0 saturated carbocycles. The van der Waals surface area contributed by atoms with Crippen LogP contribution in [0.25, 0.3) is 0 Å². The van der Waals surface area contributed by atoms with E-state index >= 15 is 0 Å². The van der Waals surface area contributed by atoms with Crippen LogP contribution in [0.5, 0.6) is 0 Å². The van der Waals surface area contributed by atoms with Gasteiger partial charge in [-0.3, -0.25) is 9.98 Å². The Morgan fingerprint density at radius 1 is 1.32 bits per heavy atom. The molecule has 2 unspecified atom stereocenters. The highest BCUT2D eigenvalue weighted by molar-refractivity contribution is 5.80. The minimum absolute atomic E-state index is 0.720. The third-order valence-electron chi connectivity index (χ3n) is 3.75. The number of likely N-dealkylation sites (tertiary alicyclic amines) is 1. The topological polar surface area (TPSA) is 65.4 Å². The quantitative estimate of drug-likeness (QED) is 0.493. The van der Waals surface area contributed by atoms with Gasteiger partial charge in [-0.25, -0.2) is 4.98 Å². The van der Waals surface area contributed by atoms with Crippen LogP contribution >= 0.6 is 0 Å². The van der Waals surface area contributed by atoms with E-state index < -0.39 is 0 Å². The lowest BCUT2D eigenvalue weighted by molar-refractivity contribution is 0.208. The Balaban J connectivity index is 1.86. The lowest BCUT2D eigenvalue weighted by atomic mass is 9.92. The molecule has 2 N–H and O–H groups in total. The molecule has 0 bridgehead atoms. The second-order valence-electron chi connectivity index (χ2n) is 6.10. The van der Waals surface area contributed by atoms with Crippen molar-refractivity contribution in [2.75, 3.05) is 38.0 Å². The highest BCUT2D eigenvalue weighted by Crippen LogP contribution is 2.20. The lowest BCUT2D eigenvalue weighted by Gasteiger charge is -2.37. The maximum Gasteiger partial charge on any atom is 0.193 e. The Bertz CT molecular complexity index is 451. The van der Waals surface area contributed by atoms with Crippen LogP contribution in [-0.2, 0) is 0 Å². The largest absolute Gasteiger partial charge is 0.367 e. The van der Waals surface area contributed by atoms with Crippen molar-refractivity contribution in [2.24, 2.45) is 16.8 Å². The maximum absolute atomic E-state index is 4.74. The number of nitrogens with one attached hydrogen (secondary N) is 2. The first-order chi connectivity index (χ1) is 10.7. The van der Waals surface area contributed by atoms with Gasteiger partial charge in [-0.2, -0.15) is 0 Å². The maximum atomic E-state index is 4.74. The molecule has 1 aromatic heterocycles. The Kier molecular flexibility index (Phi) is 6.43. The highest BCUT2D eigenvalue weighted by atomic mass is 15.3. The number of guanidine groups is 1. The van der Waals surface area contributed by atoms with Gasteiger partial charge in [0.1, 0.15) is 5.82 Å². The molecule has 122 valence electrons. The fourth-order valence-electron chi connectivity index (χ4n) is 3.00. The van der Waals surface area contributed by atoms with Gasteiger partial charge < -0.3 is 15.5 Å². The fourth-order valence-corrected chi connectivity index (χ4v) is 3.00. The van der Waals surface area contributed by atoms with Crippen molar-refractivity contribution in [2.45, 2.75) is 27.2 Å². The van der Waals surface area contributed by atoms with Gasteiger partial charge in [0.15, 0.2) is 5.96 Å². The summed E-state index contributed by atoms with van der Waals surface area (Å²) in [7, 11) is 0. The van der Waals surface area contributed by atoms with Crippen LogP contribution in [0.4, 0.5) is 5.82 Å². The average Bonchev–Trinajstić information content (AvgIpc) is 2.50. The predicted molar refractivity (Wildman–Crippen MR) is 91.0 cm³/mol. The molecule has 1 aliphatic heterocycles. The number of nitrogens with zero attached hydrogens (tertiary/aromatic N) is 4. The van der Waals surface area contributed by atoms with Crippen LogP contribution in [0, 0.1) is 11.8 Å². The number of rotatable bonds is 5. The van der Waals surface area contributed by atoms with Crippen LogP contribution in [-0.4, -0.2) is 53.6 Å². The summed E-state index contributed by atoms with van der Waals surface area (Å²) in [5, 5.41) is 6.65. The number of aromatic nitrogens is 2. The minimum Gasteiger partial charge on any atom is -0.367 e. The zero-order valence-corrected chi connectivity index (χ0v) is 13.9. The average molecular weight is 304 g/mol. The fraction of sp³-hybridized carbons (Fsp3) is 0.688. The van der Waals surface area contributed by atoms with E-state index in [-0.39, 0.29) is 0 Å². The van der Waals surface area contributed by atoms with E-state index in [0.29, 0.717) is 0 Å². The van der Waals surface area contributed by atoms with Crippen molar-refractivity contribution in [3.05, 3.63) is 18.6 Å². The molecule has 1 aromatic rings. The van der Waals surface area contributed by atoms with E-state index in [1.807, 2.05) is 0 Å².